The SMILES string of the molecule is CS(=O)(=O)CC(=O)Nc1c2c(nn1CCn1cccn1)C[C@]1(CCOc3cc(OCC(F)(F)F)ccc31)NC2=O. The maximum atomic E-state index is 13.5. The van der Waals surface area contributed by atoms with Crippen LogP contribution in [-0.2, 0) is 39.7 Å². The molecule has 40 heavy (non-hydrogen) atoms. The second-order valence-electron chi connectivity index (χ2n) is 9.65. The number of hydrogen-bond acceptors (Lipinski definition) is 8. The van der Waals surface area contributed by atoms with E-state index in [-0.39, 0.29) is 42.5 Å². The zero-order valence-corrected chi connectivity index (χ0v) is 22.0. The number of anilines is 1. The number of fused-ring (bicyclic) bond motifs is 3. The molecule has 0 radical (unpaired) electrons. The van der Waals surface area contributed by atoms with E-state index in [0.717, 1.165) is 6.26 Å². The maximum absolute atomic E-state index is 13.5. The van der Waals surface area contributed by atoms with E-state index in [1.807, 2.05) is 0 Å². The summed E-state index contributed by atoms with van der Waals surface area (Å²) < 4.78 is 74.8. The van der Waals surface area contributed by atoms with Crippen molar-refractivity contribution in [1.29, 1.82) is 0 Å². The largest absolute Gasteiger partial charge is 0.493 e. The van der Waals surface area contributed by atoms with E-state index >= 15 is 0 Å². The summed E-state index contributed by atoms with van der Waals surface area (Å²) >= 11 is 0. The molecule has 0 unspecified atom stereocenters. The van der Waals surface area contributed by atoms with Crippen molar-refractivity contribution in [2.45, 2.75) is 37.6 Å². The Morgan fingerprint density at radius 2 is 2.10 bits per heavy atom. The molecule has 1 aromatic carbocycles. The first-order valence-corrected chi connectivity index (χ1v) is 14.2. The first-order valence-electron chi connectivity index (χ1n) is 12.2. The minimum atomic E-state index is -4.50. The normalized spacial score (nSPS) is 18.4. The number of aromatic nitrogens is 4. The number of amides is 2. The van der Waals surface area contributed by atoms with Gasteiger partial charge in [-0.05, 0) is 18.2 Å². The Bertz CT molecular complexity index is 1550. The van der Waals surface area contributed by atoms with Gasteiger partial charge < -0.3 is 20.1 Å². The topological polar surface area (TPSA) is 146 Å². The standard InChI is InChI=1S/C24H25F3N6O6S/c1-40(36,37)13-19(34)29-21-20-17(31-33(21)9-8-32-7-2-6-28-32)12-23(30-22(20)35)5-10-38-18-11-15(3-4-16(18)23)39-14-24(25,26)27/h2-4,6-7,11H,5,8-10,12-14H2,1H3,(H,29,34)(H,30,35)/t23-/m0/s1. The van der Waals surface area contributed by atoms with Crippen LogP contribution < -0.4 is 20.1 Å². The van der Waals surface area contributed by atoms with Gasteiger partial charge >= 0.3 is 6.18 Å². The van der Waals surface area contributed by atoms with Crippen molar-refractivity contribution in [2.24, 2.45) is 0 Å². The zero-order chi connectivity index (χ0) is 28.7. The number of benzene rings is 1. The Morgan fingerprint density at radius 1 is 1.30 bits per heavy atom. The summed E-state index contributed by atoms with van der Waals surface area (Å²) in [4.78, 5) is 26.1. The molecule has 0 saturated carbocycles. The van der Waals surface area contributed by atoms with Crippen molar-refractivity contribution < 1.29 is 40.7 Å². The average Bonchev–Trinajstić information content (AvgIpc) is 3.48. The van der Waals surface area contributed by atoms with Gasteiger partial charge in [0.2, 0.25) is 5.91 Å². The number of nitrogens with zero attached hydrogens (tertiary/aromatic N) is 4. The average molecular weight is 583 g/mol. The van der Waals surface area contributed by atoms with E-state index < -0.39 is 45.7 Å². The van der Waals surface area contributed by atoms with Crippen LogP contribution in [0.15, 0.2) is 36.7 Å². The lowest BCUT2D eigenvalue weighted by Crippen LogP contribution is -2.53. The summed E-state index contributed by atoms with van der Waals surface area (Å²) in [7, 11) is -3.64. The molecule has 0 saturated heterocycles. The number of rotatable bonds is 8. The molecule has 2 amide bonds. The van der Waals surface area contributed by atoms with Gasteiger partial charge in [-0.2, -0.15) is 23.4 Å². The fourth-order valence-corrected chi connectivity index (χ4v) is 5.41. The lowest BCUT2D eigenvalue weighted by Gasteiger charge is -2.41. The molecule has 0 bridgehead atoms. The summed E-state index contributed by atoms with van der Waals surface area (Å²) in [5.74, 6) is -1.84. The van der Waals surface area contributed by atoms with Gasteiger partial charge in [0.05, 0.1) is 30.9 Å². The lowest BCUT2D eigenvalue weighted by molar-refractivity contribution is -0.153. The third-order valence-corrected chi connectivity index (χ3v) is 7.27. The number of alkyl halides is 3. The molecule has 4 heterocycles. The minimum absolute atomic E-state index is 0.0327. The molecule has 0 fully saturated rings. The number of sulfone groups is 1. The number of hydrogen-bond donors (Lipinski definition) is 2. The van der Waals surface area contributed by atoms with E-state index in [4.69, 9.17) is 9.47 Å². The van der Waals surface area contributed by atoms with Crippen LogP contribution in [0.2, 0.25) is 0 Å². The molecule has 12 nitrogen and oxygen atoms in total. The molecular formula is C24H25F3N6O6S. The van der Waals surface area contributed by atoms with Gasteiger partial charge in [-0.25, -0.2) is 13.1 Å². The van der Waals surface area contributed by atoms with Crippen LogP contribution >= 0.6 is 0 Å². The van der Waals surface area contributed by atoms with E-state index in [0.29, 0.717) is 24.2 Å². The van der Waals surface area contributed by atoms with Crippen molar-refractivity contribution in [3.05, 3.63) is 53.5 Å². The van der Waals surface area contributed by atoms with Crippen LogP contribution in [0, 0.1) is 0 Å². The van der Waals surface area contributed by atoms with Gasteiger partial charge in [-0.15, -0.1) is 0 Å². The number of aryl methyl sites for hydroxylation is 2. The molecule has 2 aliphatic rings. The Balaban J connectivity index is 1.47. The molecule has 1 atom stereocenters. The van der Waals surface area contributed by atoms with Crippen molar-refractivity contribution in [3.8, 4) is 11.5 Å². The number of carbonyl (C=O) groups excluding carboxylic acids is 2. The Morgan fingerprint density at radius 3 is 2.80 bits per heavy atom. The van der Waals surface area contributed by atoms with Gasteiger partial charge in [-0.3, -0.25) is 14.3 Å². The highest BCUT2D eigenvalue weighted by Gasteiger charge is 2.46. The van der Waals surface area contributed by atoms with E-state index in [1.165, 1.54) is 16.8 Å². The van der Waals surface area contributed by atoms with Crippen LogP contribution in [0.25, 0.3) is 0 Å². The quantitative estimate of drug-likeness (QED) is 0.408. The second-order valence-corrected chi connectivity index (χ2v) is 11.8. The highest BCUT2D eigenvalue weighted by Crippen LogP contribution is 2.44. The minimum Gasteiger partial charge on any atom is -0.493 e. The van der Waals surface area contributed by atoms with E-state index in [9.17, 15) is 31.2 Å². The number of nitrogens with one attached hydrogen (secondary N) is 2. The third kappa shape index (κ3) is 5.90. The molecule has 5 rings (SSSR count). The van der Waals surface area contributed by atoms with Gasteiger partial charge in [0, 0.05) is 43.1 Å². The van der Waals surface area contributed by atoms with Crippen LogP contribution in [0.5, 0.6) is 11.5 Å². The first kappa shape index (κ1) is 27.5. The Labute approximate surface area is 226 Å². The molecule has 0 aliphatic carbocycles. The predicted octanol–water partition coefficient (Wildman–Crippen LogP) is 1.67. The number of ether oxygens (including phenoxy) is 2. The van der Waals surface area contributed by atoms with Crippen molar-refractivity contribution in [3.63, 3.8) is 0 Å². The Hall–Kier alpha value is -4.08. The zero-order valence-electron chi connectivity index (χ0n) is 21.2. The molecule has 3 aromatic rings. The third-order valence-electron chi connectivity index (χ3n) is 6.48. The Kier molecular flexibility index (Phi) is 6.97. The molecule has 16 heteroatoms. The molecule has 2 aromatic heterocycles. The van der Waals surface area contributed by atoms with E-state index in [2.05, 4.69) is 20.8 Å². The van der Waals surface area contributed by atoms with Gasteiger partial charge in [-0.1, -0.05) is 0 Å². The molecule has 1 spiro atoms. The van der Waals surface area contributed by atoms with Crippen LogP contribution in [0.3, 0.4) is 0 Å². The monoisotopic (exact) mass is 582 g/mol. The smallest absolute Gasteiger partial charge is 0.422 e. The fourth-order valence-electron chi connectivity index (χ4n) is 4.86. The van der Waals surface area contributed by atoms with Gasteiger partial charge in [0.15, 0.2) is 16.4 Å². The lowest BCUT2D eigenvalue weighted by atomic mass is 9.77. The van der Waals surface area contributed by atoms with Crippen LogP contribution in [-0.4, -0.2) is 71.2 Å². The first-order chi connectivity index (χ1) is 18.8. The van der Waals surface area contributed by atoms with Gasteiger partial charge in [0.25, 0.3) is 5.91 Å². The van der Waals surface area contributed by atoms with E-state index in [1.54, 1.807) is 29.2 Å². The summed E-state index contributed by atoms with van der Waals surface area (Å²) in [6.45, 7) is -0.722. The molecule has 2 aliphatic heterocycles. The van der Waals surface area contributed by atoms with Crippen molar-refractivity contribution in [2.75, 3.05) is 30.5 Å². The molecule has 2 N–H and O–H groups in total. The van der Waals surface area contributed by atoms with Crippen molar-refractivity contribution in [1.82, 2.24) is 24.9 Å². The second kappa shape index (κ2) is 10.1. The fraction of sp³-hybridized carbons (Fsp3) is 0.417. The maximum Gasteiger partial charge on any atom is 0.422 e. The summed E-state index contributed by atoms with van der Waals surface area (Å²) in [6.07, 6.45) is 0.299. The number of carbonyl (C=O) groups is 2. The summed E-state index contributed by atoms with van der Waals surface area (Å²) in [5, 5.41) is 14.3. The highest BCUT2D eigenvalue weighted by atomic mass is 32.2. The van der Waals surface area contributed by atoms with Crippen LogP contribution in [0.1, 0.15) is 28.0 Å². The predicted molar refractivity (Wildman–Crippen MR) is 134 cm³/mol. The summed E-state index contributed by atoms with van der Waals surface area (Å²) in [5.41, 5.74) is 0.0381. The molecule has 214 valence electrons. The highest BCUT2D eigenvalue weighted by molar-refractivity contribution is 7.91. The molecular weight excluding hydrogens is 557 g/mol. The van der Waals surface area contributed by atoms with Crippen molar-refractivity contribution >= 4 is 27.5 Å². The van der Waals surface area contributed by atoms with Gasteiger partial charge in [0.1, 0.15) is 28.6 Å². The summed E-state index contributed by atoms with van der Waals surface area (Å²) in [6, 6.07) is 6.02. The van der Waals surface area contributed by atoms with Crippen LogP contribution in [0.4, 0.5) is 19.0 Å². The number of halogens is 3.